The Labute approximate surface area is 124 Å². The summed E-state index contributed by atoms with van der Waals surface area (Å²) < 4.78 is 6.09. The Bertz CT molecular complexity index is 647. The molecule has 2 N–H and O–H groups in total. The van der Waals surface area contributed by atoms with Crippen LogP contribution in [0.25, 0.3) is 0 Å². The van der Waals surface area contributed by atoms with Crippen molar-refractivity contribution in [1.29, 1.82) is 0 Å². The molecule has 1 aliphatic heterocycles. The summed E-state index contributed by atoms with van der Waals surface area (Å²) in [6.07, 6.45) is 0. The smallest absolute Gasteiger partial charge is 0.321 e. The maximum atomic E-state index is 6.32. The van der Waals surface area contributed by atoms with E-state index in [-0.39, 0.29) is 0 Å². The number of oxime groups is 1. The van der Waals surface area contributed by atoms with Gasteiger partial charge in [-0.3, -0.25) is 0 Å². The normalized spacial score (nSPS) is 21.4. The van der Waals surface area contributed by atoms with Gasteiger partial charge in [-0.1, -0.05) is 48.5 Å². The average Bonchev–Trinajstić information content (AvgIpc) is 2.95. The molecule has 0 aromatic heterocycles. The molecular weight excluding hydrogens is 264 g/mol. The zero-order valence-corrected chi connectivity index (χ0v) is 12.1. The van der Waals surface area contributed by atoms with Crippen LogP contribution in [0.3, 0.4) is 0 Å². The van der Waals surface area contributed by atoms with E-state index in [0.717, 1.165) is 11.1 Å². The van der Waals surface area contributed by atoms with E-state index in [0.29, 0.717) is 5.90 Å². The first kappa shape index (κ1) is 13.6. The average molecular weight is 282 g/mol. The van der Waals surface area contributed by atoms with Gasteiger partial charge in [0.15, 0.2) is 0 Å². The molecule has 2 aromatic rings. The lowest BCUT2D eigenvalue weighted by Crippen LogP contribution is -2.55. The third-order valence-corrected chi connectivity index (χ3v) is 3.52. The third-order valence-electron chi connectivity index (χ3n) is 3.52. The molecule has 1 unspecified atom stereocenters. The molecule has 1 heterocycles. The van der Waals surface area contributed by atoms with Crippen LogP contribution < -0.4 is 5.73 Å². The summed E-state index contributed by atoms with van der Waals surface area (Å²) in [6.45, 7) is 3.73. The van der Waals surface area contributed by atoms with Gasteiger partial charge in [0, 0.05) is 11.1 Å². The van der Waals surface area contributed by atoms with Crippen molar-refractivity contribution >= 4 is 5.90 Å². The minimum atomic E-state index is -1.13. The molecule has 3 rings (SSSR count). The zero-order chi connectivity index (χ0) is 14.9. The van der Waals surface area contributed by atoms with Crippen LogP contribution in [-0.4, -0.2) is 11.4 Å². The van der Waals surface area contributed by atoms with E-state index in [1.807, 2.05) is 74.5 Å². The molecule has 0 aliphatic carbocycles. The molecule has 0 bridgehead atoms. The summed E-state index contributed by atoms with van der Waals surface area (Å²) >= 11 is 0. The van der Waals surface area contributed by atoms with E-state index in [9.17, 15) is 0 Å². The summed E-state index contributed by atoms with van der Waals surface area (Å²) in [5.74, 6) is -0.683. The van der Waals surface area contributed by atoms with Crippen LogP contribution >= 0.6 is 0 Å². The second-order valence-corrected chi connectivity index (χ2v) is 5.66. The summed E-state index contributed by atoms with van der Waals surface area (Å²) in [4.78, 5) is 5.70. The fourth-order valence-electron chi connectivity index (χ4n) is 2.36. The van der Waals surface area contributed by atoms with Crippen molar-refractivity contribution in [2.45, 2.75) is 25.2 Å². The van der Waals surface area contributed by atoms with Crippen LogP contribution in [0, 0.1) is 0 Å². The summed E-state index contributed by atoms with van der Waals surface area (Å²) in [6, 6.07) is 19.3. The quantitative estimate of drug-likeness (QED) is 0.941. The first-order valence-corrected chi connectivity index (χ1v) is 6.88. The molecule has 21 heavy (non-hydrogen) atoms. The number of hydrogen-bond acceptors (Lipinski definition) is 4. The Balaban J connectivity index is 2.00. The molecule has 0 saturated carbocycles. The van der Waals surface area contributed by atoms with Gasteiger partial charge in [-0.15, -0.1) is 0 Å². The predicted molar refractivity (Wildman–Crippen MR) is 81.5 cm³/mol. The molecular formula is C17H18N2O2. The molecule has 1 aliphatic rings. The van der Waals surface area contributed by atoms with Crippen molar-refractivity contribution in [3.63, 3.8) is 0 Å². The second kappa shape index (κ2) is 4.90. The van der Waals surface area contributed by atoms with Crippen LogP contribution in [0.1, 0.15) is 25.0 Å². The van der Waals surface area contributed by atoms with Crippen molar-refractivity contribution in [2.75, 3.05) is 0 Å². The van der Waals surface area contributed by atoms with Gasteiger partial charge in [-0.2, -0.15) is 0 Å². The fourth-order valence-corrected chi connectivity index (χ4v) is 2.36. The Hall–Kier alpha value is -2.33. The van der Waals surface area contributed by atoms with Gasteiger partial charge in [0.25, 0.3) is 5.90 Å². The van der Waals surface area contributed by atoms with Crippen molar-refractivity contribution < 1.29 is 9.57 Å². The number of benzene rings is 2. The lowest BCUT2D eigenvalue weighted by molar-refractivity contribution is -0.207. The van der Waals surface area contributed by atoms with E-state index in [1.54, 1.807) is 0 Å². The minimum absolute atomic E-state index is 0.443. The summed E-state index contributed by atoms with van der Waals surface area (Å²) in [5.41, 5.74) is 7.26. The van der Waals surface area contributed by atoms with Crippen LogP contribution in [0.15, 0.2) is 65.8 Å². The van der Waals surface area contributed by atoms with Crippen molar-refractivity contribution in [2.24, 2.45) is 10.9 Å². The molecule has 0 fully saturated rings. The number of nitrogens with zero attached hydrogens (tertiary/aromatic N) is 1. The van der Waals surface area contributed by atoms with E-state index in [2.05, 4.69) is 5.16 Å². The molecule has 108 valence electrons. The van der Waals surface area contributed by atoms with E-state index >= 15 is 0 Å². The SMILES string of the molecule is CC(C)(N)C1(c2ccccc2)ON=C(c2ccccc2)O1. The Morgan fingerprint density at radius 1 is 0.952 bits per heavy atom. The maximum Gasteiger partial charge on any atom is 0.321 e. The number of hydrogen-bond donors (Lipinski definition) is 1. The standard InChI is InChI=1S/C17H18N2O2/c1-16(2,18)17(14-11-7-4-8-12-14)20-15(19-21-17)13-9-5-3-6-10-13/h3-12H,18H2,1-2H3. The van der Waals surface area contributed by atoms with E-state index in [4.69, 9.17) is 15.3 Å². The molecule has 4 heteroatoms. The summed E-state index contributed by atoms with van der Waals surface area (Å²) in [5, 5.41) is 4.12. The maximum absolute atomic E-state index is 6.32. The highest BCUT2D eigenvalue weighted by atomic mass is 16.8. The Morgan fingerprint density at radius 2 is 1.52 bits per heavy atom. The molecule has 1 atom stereocenters. The van der Waals surface area contributed by atoms with Gasteiger partial charge < -0.3 is 15.3 Å². The third kappa shape index (κ3) is 2.28. The topological polar surface area (TPSA) is 56.8 Å². The van der Waals surface area contributed by atoms with Crippen LogP contribution in [-0.2, 0) is 15.4 Å². The van der Waals surface area contributed by atoms with Gasteiger partial charge in [-0.05, 0) is 31.1 Å². The van der Waals surface area contributed by atoms with Gasteiger partial charge in [0.2, 0.25) is 0 Å². The molecule has 0 radical (unpaired) electrons. The van der Waals surface area contributed by atoms with E-state index < -0.39 is 11.3 Å². The fraction of sp³-hybridized carbons (Fsp3) is 0.235. The monoisotopic (exact) mass is 282 g/mol. The number of ether oxygens (including phenoxy) is 1. The van der Waals surface area contributed by atoms with Crippen molar-refractivity contribution in [3.8, 4) is 0 Å². The first-order chi connectivity index (χ1) is 10.0. The molecule has 0 spiro atoms. The Morgan fingerprint density at radius 3 is 2.10 bits per heavy atom. The summed E-state index contributed by atoms with van der Waals surface area (Å²) in [7, 11) is 0. The minimum Gasteiger partial charge on any atom is -0.424 e. The van der Waals surface area contributed by atoms with Gasteiger partial charge in [0.05, 0.1) is 5.54 Å². The van der Waals surface area contributed by atoms with Crippen molar-refractivity contribution in [1.82, 2.24) is 0 Å². The van der Waals surface area contributed by atoms with Gasteiger partial charge in [0.1, 0.15) is 0 Å². The van der Waals surface area contributed by atoms with E-state index in [1.165, 1.54) is 0 Å². The van der Waals surface area contributed by atoms with Gasteiger partial charge >= 0.3 is 5.79 Å². The Kier molecular flexibility index (Phi) is 3.18. The van der Waals surface area contributed by atoms with Crippen LogP contribution in [0.5, 0.6) is 0 Å². The van der Waals surface area contributed by atoms with Crippen molar-refractivity contribution in [3.05, 3.63) is 71.8 Å². The lowest BCUT2D eigenvalue weighted by Gasteiger charge is -2.37. The number of rotatable bonds is 3. The highest BCUT2D eigenvalue weighted by Crippen LogP contribution is 2.41. The first-order valence-electron chi connectivity index (χ1n) is 6.88. The highest BCUT2D eigenvalue weighted by molar-refractivity contribution is 5.94. The molecule has 4 nitrogen and oxygen atoms in total. The second-order valence-electron chi connectivity index (χ2n) is 5.66. The largest absolute Gasteiger partial charge is 0.424 e. The zero-order valence-electron chi connectivity index (χ0n) is 12.1. The molecule has 2 aromatic carbocycles. The predicted octanol–water partition coefficient (Wildman–Crippen LogP) is 2.99. The molecule has 0 saturated heterocycles. The molecule has 0 amide bonds. The van der Waals surface area contributed by atoms with Crippen LogP contribution in [0.2, 0.25) is 0 Å². The highest BCUT2D eigenvalue weighted by Gasteiger charge is 2.54. The number of nitrogens with two attached hydrogens (primary N) is 1. The van der Waals surface area contributed by atoms with Gasteiger partial charge in [-0.25, -0.2) is 0 Å². The van der Waals surface area contributed by atoms with Crippen LogP contribution in [0.4, 0.5) is 0 Å². The lowest BCUT2D eigenvalue weighted by atomic mass is 9.88.